The molecule has 0 aromatic carbocycles. The molecule has 1 aromatic rings. The second-order valence-electron chi connectivity index (χ2n) is 3.14. The summed E-state index contributed by atoms with van der Waals surface area (Å²) in [5.41, 5.74) is -1.33. The minimum atomic E-state index is -4.57. The molecule has 2 unspecified atom stereocenters. The van der Waals surface area contributed by atoms with Gasteiger partial charge >= 0.3 is 6.18 Å². The van der Waals surface area contributed by atoms with E-state index in [4.69, 9.17) is 0 Å². The minimum Gasteiger partial charge on any atom is -0.389 e. The summed E-state index contributed by atoms with van der Waals surface area (Å²) in [6.07, 6.45) is -7.29. The summed E-state index contributed by atoms with van der Waals surface area (Å²) in [5, 5.41) is 18.7. The Morgan fingerprint density at radius 1 is 1.31 bits per heavy atom. The third-order valence-corrected chi connectivity index (χ3v) is 2.29. The second-order valence-corrected chi connectivity index (χ2v) is 3.51. The van der Waals surface area contributed by atoms with Gasteiger partial charge in [-0.25, -0.2) is 4.98 Å². The van der Waals surface area contributed by atoms with Crippen LogP contribution in [0.4, 0.5) is 13.2 Å². The molecule has 16 heavy (non-hydrogen) atoms. The first-order valence-corrected chi connectivity index (χ1v) is 5.00. The quantitative estimate of drug-likeness (QED) is 0.714. The molecule has 0 amide bonds. The van der Waals surface area contributed by atoms with Crippen LogP contribution in [0, 0.1) is 0 Å². The zero-order chi connectivity index (χ0) is 12.3. The zero-order valence-corrected chi connectivity index (χ0v) is 8.91. The van der Waals surface area contributed by atoms with Crippen molar-refractivity contribution in [3.05, 3.63) is 29.6 Å². The van der Waals surface area contributed by atoms with Gasteiger partial charge in [-0.3, -0.25) is 0 Å². The van der Waals surface area contributed by atoms with Gasteiger partial charge in [-0.15, -0.1) is 0 Å². The van der Waals surface area contributed by atoms with E-state index < -0.39 is 24.1 Å². The van der Waals surface area contributed by atoms with Crippen LogP contribution in [0.2, 0.25) is 0 Å². The molecule has 7 heteroatoms. The van der Waals surface area contributed by atoms with Crippen LogP contribution in [0.5, 0.6) is 0 Å². The molecule has 2 N–H and O–H groups in total. The molecule has 0 aliphatic carbocycles. The Bertz CT molecular complexity index is 359. The molecular weight excluding hydrogens is 243 g/mol. The van der Waals surface area contributed by atoms with E-state index in [1.165, 1.54) is 6.07 Å². The number of nitrogens with zero attached hydrogens (tertiary/aromatic N) is 1. The van der Waals surface area contributed by atoms with E-state index in [9.17, 15) is 23.4 Å². The summed E-state index contributed by atoms with van der Waals surface area (Å²) in [6, 6.07) is 3.13. The van der Waals surface area contributed by atoms with Gasteiger partial charge in [-0.2, -0.15) is 25.8 Å². The third kappa shape index (κ3) is 3.10. The first-order chi connectivity index (χ1) is 7.36. The lowest BCUT2D eigenvalue weighted by molar-refractivity contribution is -0.141. The highest BCUT2D eigenvalue weighted by atomic mass is 32.1. The van der Waals surface area contributed by atoms with Crippen molar-refractivity contribution < 1.29 is 23.4 Å². The first kappa shape index (κ1) is 13.3. The third-order valence-electron chi connectivity index (χ3n) is 1.92. The van der Waals surface area contributed by atoms with Gasteiger partial charge in [0.2, 0.25) is 0 Å². The molecule has 90 valence electrons. The Kier molecular flexibility index (Phi) is 4.17. The average Bonchev–Trinajstić information content (AvgIpc) is 2.26. The number of hydrogen-bond acceptors (Lipinski definition) is 4. The van der Waals surface area contributed by atoms with Crippen LogP contribution in [0.3, 0.4) is 0 Å². The van der Waals surface area contributed by atoms with Crippen molar-refractivity contribution in [2.75, 3.05) is 5.75 Å². The number of rotatable bonds is 3. The highest BCUT2D eigenvalue weighted by Gasteiger charge is 2.33. The van der Waals surface area contributed by atoms with Crippen LogP contribution in [0.1, 0.15) is 17.5 Å². The summed E-state index contributed by atoms with van der Waals surface area (Å²) in [7, 11) is 0. The molecule has 0 spiro atoms. The van der Waals surface area contributed by atoms with Gasteiger partial charge in [0.1, 0.15) is 11.8 Å². The van der Waals surface area contributed by atoms with Crippen molar-refractivity contribution in [1.82, 2.24) is 4.98 Å². The summed E-state index contributed by atoms with van der Waals surface area (Å²) >= 11 is 3.73. The SMILES string of the molecule is OC(CS)C(O)c1cccc(C(F)(F)F)n1. The fourth-order valence-corrected chi connectivity index (χ4v) is 1.27. The van der Waals surface area contributed by atoms with Crippen LogP contribution in [-0.4, -0.2) is 27.1 Å². The van der Waals surface area contributed by atoms with Crippen molar-refractivity contribution in [2.45, 2.75) is 18.4 Å². The first-order valence-electron chi connectivity index (χ1n) is 4.37. The summed E-state index contributed by atoms with van der Waals surface area (Å²) < 4.78 is 36.9. The number of aliphatic hydroxyl groups excluding tert-OH is 2. The van der Waals surface area contributed by atoms with E-state index in [2.05, 4.69) is 17.6 Å². The summed E-state index contributed by atoms with van der Waals surface area (Å²) in [6.45, 7) is 0. The lowest BCUT2D eigenvalue weighted by Gasteiger charge is -2.16. The highest BCUT2D eigenvalue weighted by Crippen LogP contribution is 2.28. The van der Waals surface area contributed by atoms with Gasteiger partial charge in [0.15, 0.2) is 0 Å². The maximum absolute atomic E-state index is 12.3. The molecule has 0 saturated carbocycles. The van der Waals surface area contributed by atoms with Crippen LogP contribution < -0.4 is 0 Å². The molecule has 1 rings (SSSR count). The van der Waals surface area contributed by atoms with Gasteiger partial charge in [0.05, 0.1) is 11.8 Å². The lowest BCUT2D eigenvalue weighted by Crippen LogP contribution is -2.22. The Balaban J connectivity index is 2.99. The number of hydrogen-bond donors (Lipinski definition) is 3. The maximum Gasteiger partial charge on any atom is 0.433 e. The van der Waals surface area contributed by atoms with E-state index in [-0.39, 0.29) is 11.4 Å². The molecule has 0 saturated heterocycles. The highest BCUT2D eigenvalue weighted by molar-refractivity contribution is 7.80. The Morgan fingerprint density at radius 3 is 2.44 bits per heavy atom. The van der Waals surface area contributed by atoms with Gasteiger partial charge < -0.3 is 10.2 Å². The summed E-state index contributed by atoms with van der Waals surface area (Å²) in [5.74, 6) is -0.0703. The lowest BCUT2D eigenvalue weighted by atomic mass is 10.1. The van der Waals surface area contributed by atoms with Crippen LogP contribution in [-0.2, 0) is 6.18 Å². The van der Waals surface area contributed by atoms with Crippen molar-refractivity contribution in [2.24, 2.45) is 0 Å². The maximum atomic E-state index is 12.3. The van der Waals surface area contributed by atoms with E-state index in [1.54, 1.807) is 0 Å². The van der Waals surface area contributed by atoms with Crippen molar-refractivity contribution in [3.8, 4) is 0 Å². The number of thiol groups is 1. The fraction of sp³-hybridized carbons (Fsp3) is 0.444. The fourth-order valence-electron chi connectivity index (χ4n) is 1.07. The zero-order valence-electron chi connectivity index (χ0n) is 8.02. The Morgan fingerprint density at radius 2 is 1.94 bits per heavy atom. The summed E-state index contributed by atoms with van der Waals surface area (Å²) in [4.78, 5) is 3.24. The smallest absolute Gasteiger partial charge is 0.389 e. The van der Waals surface area contributed by atoms with Gasteiger partial charge in [0, 0.05) is 5.75 Å². The number of aromatic nitrogens is 1. The largest absolute Gasteiger partial charge is 0.433 e. The van der Waals surface area contributed by atoms with E-state index in [0.29, 0.717) is 0 Å². The molecule has 0 bridgehead atoms. The van der Waals surface area contributed by atoms with E-state index in [0.717, 1.165) is 12.1 Å². The van der Waals surface area contributed by atoms with Crippen LogP contribution in [0.25, 0.3) is 0 Å². The topological polar surface area (TPSA) is 53.4 Å². The van der Waals surface area contributed by atoms with Gasteiger partial charge in [-0.05, 0) is 12.1 Å². The predicted octanol–water partition coefficient (Wildman–Crippen LogP) is 1.42. The molecule has 3 nitrogen and oxygen atoms in total. The molecule has 0 radical (unpaired) electrons. The number of aliphatic hydroxyl groups is 2. The van der Waals surface area contributed by atoms with Crippen molar-refractivity contribution >= 4 is 12.6 Å². The average molecular weight is 253 g/mol. The Hall–Kier alpha value is -0.790. The Labute approximate surface area is 95.4 Å². The molecule has 0 aliphatic heterocycles. The normalized spacial score (nSPS) is 15.9. The van der Waals surface area contributed by atoms with E-state index in [1.807, 2.05) is 0 Å². The molecule has 0 aliphatic rings. The van der Waals surface area contributed by atoms with Gasteiger partial charge in [0.25, 0.3) is 0 Å². The number of pyridine rings is 1. The minimum absolute atomic E-state index is 0.0703. The molecule has 2 atom stereocenters. The van der Waals surface area contributed by atoms with Crippen LogP contribution >= 0.6 is 12.6 Å². The molecule has 1 aromatic heterocycles. The molecular formula is C9H10F3NO2S. The molecule has 1 heterocycles. The van der Waals surface area contributed by atoms with Crippen molar-refractivity contribution in [3.63, 3.8) is 0 Å². The number of halogens is 3. The monoisotopic (exact) mass is 253 g/mol. The van der Waals surface area contributed by atoms with Crippen LogP contribution in [0.15, 0.2) is 18.2 Å². The van der Waals surface area contributed by atoms with E-state index >= 15 is 0 Å². The van der Waals surface area contributed by atoms with Crippen molar-refractivity contribution in [1.29, 1.82) is 0 Å². The standard InChI is InChI=1S/C9H10F3NO2S/c10-9(11,12)7-3-1-2-5(13-7)8(15)6(14)4-16/h1-3,6,8,14-16H,4H2. The number of alkyl halides is 3. The predicted molar refractivity (Wildman–Crippen MR) is 54.1 cm³/mol. The second kappa shape index (κ2) is 5.03. The molecule has 0 fully saturated rings. The van der Waals surface area contributed by atoms with Gasteiger partial charge in [-0.1, -0.05) is 6.07 Å².